The van der Waals surface area contributed by atoms with Crippen LogP contribution in [0.1, 0.15) is 54.6 Å². The van der Waals surface area contributed by atoms with E-state index in [1.54, 1.807) is 35.9 Å². The fourth-order valence-corrected chi connectivity index (χ4v) is 5.54. The molecule has 228 valence electrons. The minimum Gasteiger partial charge on any atom is -0.351 e. The summed E-state index contributed by atoms with van der Waals surface area (Å²) in [6.07, 6.45) is 6.15. The zero-order valence-corrected chi connectivity index (χ0v) is 25.4. The molecule has 3 aromatic carbocycles. The van der Waals surface area contributed by atoms with Crippen LogP contribution in [0.15, 0.2) is 72.9 Å². The van der Waals surface area contributed by atoms with Crippen molar-refractivity contribution in [1.82, 2.24) is 25.6 Å². The number of unbranched alkanes of at least 4 members (excludes halogenated alkanes) is 4. The molecule has 2 amide bonds. The molecule has 0 aliphatic rings. The van der Waals surface area contributed by atoms with E-state index in [0.717, 1.165) is 47.8 Å². The van der Waals surface area contributed by atoms with Gasteiger partial charge in [-0.05, 0) is 60.4 Å². The molecular weight excluding hydrogens is 604 g/mol. The van der Waals surface area contributed by atoms with Crippen molar-refractivity contribution < 1.29 is 19.2 Å². The van der Waals surface area contributed by atoms with Gasteiger partial charge in [0.1, 0.15) is 11.5 Å². The van der Waals surface area contributed by atoms with Crippen LogP contribution in [0, 0.1) is 5.82 Å². The third-order valence-electron chi connectivity index (χ3n) is 7.46. The summed E-state index contributed by atoms with van der Waals surface area (Å²) in [5.41, 5.74) is 6.57. The number of fused-ring (bicyclic) bond motifs is 1. The van der Waals surface area contributed by atoms with E-state index in [1.807, 2.05) is 35.0 Å². The van der Waals surface area contributed by atoms with Crippen LogP contribution in [0.4, 0.5) is 4.39 Å². The summed E-state index contributed by atoms with van der Waals surface area (Å²) >= 11 is 12.5. The van der Waals surface area contributed by atoms with Gasteiger partial charge >= 0.3 is 0 Å². The van der Waals surface area contributed by atoms with Crippen LogP contribution in [0.25, 0.3) is 33.3 Å². The summed E-state index contributed by atoms with van der Waals surface area (Å²) in [6, 6.07) is 19.1. The van der Waals surface area contributed by atoms with Crippen molar-refractivity contribution in [1.29, 1.82) is 0 Å². The van der Waals surface area contributed by atoms with Crippen LogP contribution in [0.2, 0.25) is 10.0 Å². The average Bonchev–Trinajstić information content (AvgIpc) is 3.60. The maximum atomic E-state index is 13.9. The minimum absolute atomic E-state index is 0.267. The smallest absolute Gasteiger partial charge is 0.268 e. The number of carbonyl (C=O) groups excluding carboxylic acids is 2. The van der Waals surface area contributed by atoms with Gasteiger partial charge in [-0.1, -0.05) is 72.8 Å². The summed E-state index contributed by atoms with van der Waals surface area (Å²) in [5.74, 6) is -0.998. The fraction of sp³-hybridized carbons (Fsp3) is 0.242. The lowest BCUT2D eigenvalue weighted by atomic mass is 9.98. The van der Waals surface area contributed by atoms with Gasteiger partial charge in [0, 0.05) is 45.0 Å². The SMILES string of the molecule is O=C(CCCCCCCNC(=O)c1[nH]c2cc(Cl)ccc2c1-c1c(-c2ccc(F)cc2)cnn1Cc1ccc(Cl)cc1)NO. The molecule has 5 rings (SSSR count). The van der Waals surface area contributed by atoms with Crippen LogP contribution < -0.4 is 10.8 Å². The third kappa shape index (κ3) is 7.48. The number of hydrogen-bond donors (Lipinski definition) is 4. The number of nitrogens with zero attached hydrogens (tertiary/aromatic N) is 2. The Bertz CT molecular complexity index is 1750. The number of nitrogens with one attached hydrogen (secondary N) is 3. The molecule has 0 unspecified atom stereocenters. The molecule has 0 saturated heterocycles. The van der Waals surface area contributed by atoms with Gasteiger partial charge in [-0.15, -0.1) is 0 Å². The first kappa shape index (κ1) is 31.3. The van der Waals surface area contributed by atoms with Gasteiger partial charge in [0.2, 0.25) is 5.91 Å². The summed E-state index contributed by atoms with van der Waals surface area (Å²) in [7, 11) is 0. The zero-order valence-electron chi connectivity index (χ0n) is 23.9. The first-order valence-corrected chi connectivity index (χ1v) is 15.2. The Morgan fingerprint density at radius 1 is 0.909 bits per heavy atom. The molecule has 44 heavy (non-hydrogen) atoms. The third-order valence-corrected chi connectivity index (χ3v) is 7.94. The number of halogens is 3. The number of hydrogen-bond acceptors (Lipinski definition) is 4. The molecule has 0 atom stereocenters. The summed E-state index contributed by atoms with van der Waals surface area (Å²) in [5, 5.41) is 18.3. The van der Waals surface area contributed by atoms with Gasteiger partial charge in [0.15, 0.2) is 0 Å². The lowest BCUT2D eigenvalue weighted by Gasteiger charge is -2.13. The van der Waals surface area contributed by atoms with E-state index in [-0.39, 0.29) is 24.1 Å². The van der Waals surface area contributed by atoms with Crippen LogP contribution in [0.3, 0.4) is 0 Å². The molecule has 0 saturated carbocycles. The average molecular weight is 637 g/mol. The van der Waals surface area contributed by atoms with Crippen molar-refractivity contribution >= 4 is 45.9 Å². The molecule has 0 bridgehead atoms. The number of rotatable bonds is 13. The highest BCUT2D eigenvalue weighted by Gasteiger charge is 2.26. The Labute approximate surface area is 264 Å². The number of hydroxylamine groups is 1. The topological polar surface area (TPSA) is 112 Å². The predicted molar refractivity (Wildman–Crippen MR) is 170 cm³/mol. The molecule has 0 radical (unpaired) electrons. The van der Waals surface area contributed by atoms with Gasteiger partial charge in [0.25, 0.3) is 5.91 Å². The Hall–Kier alpha value is -4.18. The number of H-pyrrole nitrogens is 1. The molecule has 2 aromatic heterocycles. The van der Waals surface area contributed by atoms with Gasteiger partial charge in [0.05, 0.1) is 18.4 Å². The highest BCUT2D eigenvalue weighted by molar-refractivity contribution is 6.31. The lowest BCUT2D eigenvalue weighted by molar-refractivity contribution is -0.129. The van der Waals surface area contributed by atoms with Crippen molar-refractivity contribution in [3.05, 3.63) is 100 Å². The van der Waals surface area contributed by atoms with Crippen molar-refractivity contribution in [2.75, 3.05) is 6.54 Å². The second-order valence-electron chi connectivity index (χ2n) is 10.6. The van der Waals surface area contributed by atoms with E-state index in [4.69, 9.17) is 33.5 Å². The van der Waals surface area contributed by atoms with E-state index in [9.17, 15) is 14.0 Å². The van der Waals surface area contributed by atoms with Crippen molar-refractivity contribution in [3.8, 4) is 22.4 Å². The second-order valence-corrected chi connectivity index (χ2v) is 11.4. The highest BCUT2D eigenvalue weighted by Crippen LogP contribution is 2.40. The summed E-state index contributed by atoms with van der Waals surface area (Å²) in [4.78, 5) is 28.2. The van der Waals surface area contributed by atoms with Crippen LogP contribution in [0.5, 0.6) is 0 Å². The molecule has 4 N–H and O–H groups in total. The fourth-order valence-electron chi connectivity index (χ4n) is 5.25. The summed E-state index contributed by atoms with van der Waals surface area (Å²) < 4.78 is 15.7. The highest BCUT2D eigenvalue weighted by atomic mass is 35.5. The Balaban J connectivity index is 1.46. The van der Waals surface area contributed by atoms with Crippen molar-refractivity contribution in [3.63, 3.8) is 0 Å². The Morgan fingerprint density at radius 2 is 1.61 bits per heavy atom. The predicted octanol–water partition coefficient (Wildman–Crippen LogP) is 7.77. The number of carbonyl (C=O) groups is 2. The molecule has 0 aliphatic heterocycles. The van der Waals surface area contributed by atoms with E-state index in [1.165, 1.54) is 12.1 Å². The van der Waals surface area contributed by atoms with Crippen LogP contribution in [-0.4, -0.2) is 38.3 Å². The van der Waals surface area contributed by atoms with Crippen molar-refractivity contribution in [2.45, 2.75) is 45.1 Å². The zero-order chi connectivity index (χ0) is 31.1. The largest absolute Gasteiger partial charge is 0.351 e. The van der Waals surface area contributed by atoms with E-state index in [2.05, 4.69) is 10.3 Å². The minimum atomic E-state index is -0.384. The van der Waals surface area contributed by atoms with Gasteiger partial charge in [-0.2, -0.15) is 5.10 Å². The molecule has 2 heterocycles. The first-order chi connectivity index (χ1) is 21.3. The van der Waals surface area contributed by atoms with Crippen LogP contribution in [-0.2, 0) is 11.3 Å². The van der Waals surface area contributed by atoms with Crippen LogP contribution >= 0.6 is 23.2 Å². The molecule has 0 fully saturated rings. The monoisotopic (exact) mass is 635 g/mol. The first-order valence-electron chi connectivity index (χ1n) is 14.4. The maximum Gasteiger partial charge on any atom is 0.268 e. The second kappa shape index (κ2) is 14.5. The molecule has 8 nitrogen and oxygen atoms in total. The van der Waals surface area contributed by atoms with E-state index in [0.29, 0.717) is 52.0 Å². The summed E-state index contributed by atoms with van der Waals surface area (Å²) in [6.45, 7) is 0.884. The Morgan fingerprint density at radius 3 is 2.36 bits per heavy atom. The molecule has 5 aromatic rings. The number of aromatic amines is 1. The lowest BCUT2D eigenvalue weighted by Crippen LogP contribution is -2.25. The van der Waals surface area contributed by atoms with E-state index >= 15 is 0 Å². The molecule has 11 heteroatoms. The number of benzene rings is 3. The van der Waals surface area contributed by atoms with E-state index < -0.39 is 0 Å². The standard InChI is InChI=1S/C33H32Cl2FN5O3/c34-23-11-7-21(8-12-23)20-41-32(27(19-38-41)22-9-14-25(36)15-10-22)30-26-16-13-24(35)18-28(26)39-31(30)33(43)37-17-5-3-1-2-4-6-29(42)40-44/h7-16,18-19,39,44H,1-6,17,20H2,(H,37,43)(H,40,42). The van der Waals surface area contributed by atoms with Gasteiger partial charge < -0.3 is 10.3 Å². The normalized spacial score (nSPS) is 11.2. The molecule has 0 aliphatic carbocycles. The van der Waals surface area contributed by atoms with Gasteiger partial charge in [-0.25, -0.2) is 9.87 Å². The van der Waals surface area contributed by atoms with Crippen molar-refractivity contribution in [2.24, 2.45) is 0 Å². The number of amides is 2. The molecular formula is C33H32Cl2FN5O3. The maximum absolute atomic E-state index is 13.9. The number of aromatic nitrogens is 3. The molecule has 0 spiro atoms. The van der Waals surface area contributed by atoms with Gasteiger partial charge in [-0.3, -0.25) is 19.5 Å². The Kier molecular flexibility index (Phi) is 10.3. The quantitative estimate of drug-likeness (QED) is 0.0601.